The highest BCUT2D eigenvalue weighted by atomic mass is 16.1. The van der Waals surface area contributed by atoms with Crippen molar-refractivity contribution in [1.82, 2.24) is 0 Å². The second-order valence-electron chi connectivity index (χ2n) is 5.74. The summed E-state index contributed by atoms with van der Waals surface area (Å²) < 4.78 is 0. The van der Waals surface area contributed by atoms with Crippen LogP contribution in [0.1, 0.15) is 42.3 Å². The number of rotatable bonds is 6. The third-order valence-electron chi connectivity index (χ3n) is 4.12. The van der Waals surface area contributed by atoms with Gasteiger partial charge in [0, 0.05) is 24.3 Å². The molecule has 0 aliphatic heterocycles. The van der Waals surface area contributed by atoms with Crippen molar-refractivity contribution in [2.45, 2.75) is 27.7 Å². The smallest absolute Gasteiger partial charge is 0.189 e. The molecule has 0 amide bonds. The Bertz CT molecular complexity index is 697. The molecule has 0 aliphatic carbocycles. The van der Waals surface area contributed by atoms with Gasteiger partial charge in [0.2, 0.25) is 0 Å². The Kier molecular flexibility index (Phi) is 5.75. The Hall–Kier alpha value is -2.35. The second-order valence-corrected chi connectivity index (χ2v) is 5.74. The van der Waals surface area contributed by atoms with Crippen molar-refractivity contribution in [2.75, 3.05) is 18.0 Å². The van der Waals surface area contributed by atoms with Gasteiger partial charge in [-0.05, 0) is 68.7 Å². The zero-order valence-electron chi connectivity index (χ0n) is 14.5. The maximum absolute atomic E-state index is 12.7. The molecular formula is C21H25NO. The molecule has 2 rings (SSSR count). The first-order valence-electron chi connectivity index (χ1n) is 8.20. The van der Waals surface area contributed by atoms with Crippen molar-refractivity contribution < 1.29 is 4.79 Å². The van der Waals surface area contributed by atoms with E-state index in [0.29, 0.717) is 0 Å². The number of ketones is 1. The summed E-state index contributed by atoms with van der Waals surface area (Å²) in [5.41, 5.74) is 4.80. The van der Waals surface area contributed by atoms with Crippen molar-refractivity contribution in [3.05, 3.63) is 70.8 Å². The summed E-state index contributed by atoms with van der Waals surface area (Å²) in [6, 6.07) is 16.1. The Labute approximate surface area is 139 Å². The van der Waals surface area contributed by atoms with Crippen LogP contribution >= 0.6 is 0 Å². The van der Waals surface area contributed by atoms with Gasteiger partial charge in [0.25, 0.3) is 0 Å². The molecule has 2 aromatic carbocycles. The SMILES string of the molecule is CCN(CC)c1ccc(C(=O)C(C)=Cc2ccccc2)c(C)c1. The van der Waals surface area contributed by atoms with Gasteiger partial charge < -0.3 is 4.90 Å². The molecule has 23 heavy (non-hydrogen) atoms. The van der Waals surface area contributed by atoms with Crippen LogP contribution in [0.2, 0.25) is 0 Å². The minimum absolute atomic E-state index is 0.0949. The summed E-state index contributed by atoms with van der Waals surface area (Å²) >= 11 is 0. The van der Waals surface area contributed by atoms with Crippen LogP contribution < -0.4 is 4.90 Å². The predicted molar refractivity (Wildman–Crippen MR) is 99.2 cm³/mol. The third kappa shape index (κ3) is 4.10. The van der Waals surface area contributed by atoms with E-state index >= 15 is 0 Å². The fraction of sp³-hybridized carbons (Fsp3) is 0.286. The van der Waals surface area contributed by atoms with Gasteiger partial charge in [-0.2, -0.15) is 0 Å². The number of Topliss-reactive ketones (excluding diaryl/α,β-unsaturated/α-hetero) is 1. The predicted octanol–water partition coefficient (Wildman–Crippen LogP) is 5.13. The largest absolute Gasteiger partial charge is 0.372 e. The molecule has 0 saturated carbocycles. The molecule has 0 aromatic heterocycles. The highest BCUT2D eigenvalue weighted by Gasteiger charge is 2.13. The van der Waals surface area contributed by atoms with E-state index in [1.54, 1.807) is 0 Å². The molecule has 0 N–H and O–H groups in total. The number of anilines is 1. The number of hydrogen-bond donors (Lipinski definition) is 0. The number of allylic oxidation sites excluding steroid dienone is 1. The van der Waals surface area contributed by atoms with Crippen molar-refractivity contribution in [2.24, 2.45) is 0 Å². The van der Waals surface area contributed by atoms with Crippen molar-refractivity contribution >= 4 is 17.5 Å². The molecule has 0 fully saturated rings. The summed E-state index contributed by atoms with van der Waals surface area (Å²) in [7, 11) is 0. The van der Waals surface area contributed by atoms with Gasteiger partial charge in [-0.1, -0.05) is 30.3 Å². The van der Waals surface area contributed by atoms with Gasteiger partial charge in [0.1, 0.15) is 0 Å². The van der Waals surface area contributed by atoms with Gasteiger partial charge in [-0.15, -0.1) is 0 Å². The van der Waals surface area contributed by atoms with Crippen LogP contribution in [0, 0.1) is 6.92 Å². The number of benzene rings is 2. The van der Waals surface area contributed by atoms with Crippen LogP contribution in [0.25, 0.3) is 6.08 Å². The van der Waals surface area contributed by atoms with Crippen molar-refractivity contribution in [3.63, 3.8) is 0 Å². The van der Waals surface area contributed by atoms with Crippen LogP contribution in [0.3, 0.4) is 0 Å². The van der Waals surface area contributed by atoms with Crippen LogP contribution in [0.4, 0.5) is 5.69 Å². The topological polar surface area (TPSA) is 20.3 Å². The minimum atomic E-state index is 0.0949. The Morgan fingerprint density at radius 1 is 1.04 bits per heavy atom. The van der Waals surface area contributed by atoms with Gasteiger partial charge in [0.05, 0.1) is 0 Å². The average molecular weight is 307 g/mol. The molecule has 2 aromatic rings. The number of hydrogen-bond acceptors (Lipinski definition) is 2. The van der Waals surface area contributed by atoms with E-state index in [2.05, 4.69) is 24.8 Å². The lowest BCUT2D eigenvalue weighted by atomic mass is 9.98. The zero-order valence-corrected chi connectivity index (χ0v) is 14.5. The van der Waals surface area contributed by atoms with Crippen LogP contribution in [-0.2, 0) is 0 Å². The third-order valence-corrected chi connectivity index (χ3v) is 4.12. The number of carbonyl (C=O) groups is 1. The molecule has 2 nitrogen and oxygen atoms in total. The molecule has 0 saturated heterocycles. The van der Waals surface area contributed by atoms with E-state index in [4.69, 9.17) is 0 Å². The van der Waals surface area contributed by atoms with Crippen molar-refractivity contribution in [3.8, 4) is 0 Å². The molecular weight excluding hydrogens is 282 g/mol. The Morgan fingerprint density at radius 3 is 2.26 bits per heavy atom. The summed E-state index contributed by atoms with van der Waals surface area (Å²) in [5.74, 6) is 0.0949. The number of nitrogens with zero attached hydrogens (tertiary/aromatic N) is 1. The molecule has 120 valence electrons. The van der Waals surface area contributed by atoms with Crippen LogP contribution in [-0.4, -0.2) is 18.9 Å². The van der Waals surface area contributed by atoms with Gasteiger partial charge in [-0.25, -0.2) is 0 Å². The highest BCUT2D eigenvalue weighted by Crippen LogP contribution is 2.22. The Balaban J connectivity index is 2.28. The van der Waals surface area contributed by atoms with E-state index in [0.717, 1.165) is 35.4 Å². The summed E-state index contributed by atoms with van der Waals surface area (Å²) in [6.45, 7) is 10.1. The van der Waals surface area contributed by atoms with E-state index in [9.17, 15) is 4.79 Å². The minimum Gasteiger partial charge on any atom is -0.372 e. The van der Waals surface area contributed by atoms with E-state index < -0.39 is 0 Å². The lowest BCUT2D eigenvalue weighted by Gasteiger charge is -2.22. The monoisotopic (exact) mass is 307 g/mol. The van der Waals surface area contributed by atoms with Crippen LogP contribution in [0.5, 0.6) is 0 Å². The highest BCUT2D eigenvalue weighted by molar-refractivity contribution is 6.11. The molecule has 2 heteroatoms. The zero-order chi connectivity index (χ0) is 16.8. The fourth-order valence-corrected chi connectivity index (χ4v) is 2.77. The molecule has 0 aliphatic rings. The lowest BCUT2D eigenvalue weighted by Crippen LogP contribution is -2.22. The number of carbonyl (C=O) groups excluding carboxylic acids is 1. The van der Waals surface area contributed by atoms with E-state index in [1.165, 1.54) is 5.69 Å². The summed E-state index contributed by atoms with van der Waals surface area (Å²) in [4.78, 5) is 15.0. The normalized spacial score (nSPS) is 11.4. The molecule has 0 bridgehead atoms. The molecule has 0 spiro atoms. The van der Waals surface area contributed by atoms with Crippen molar-refractivity contribution in [1.29, 1.82) is 0 Å². The second kappa shape index (κ2) is 7.77. The average Bonchev–Trinajstić information content (AvgIpc) is 2.56. The molecule has 0 heterocycles. The van der Waals surface area contributed by atoms with Crippen LogP contribution in [0.15, 0.2) is 54.1 Å². The first-order chi connectivity index (χ1) is 11.1. The molecule has 0 radical (unpaired) electrons. The first-order valence-corrected chi connectivity index (χ1v) is 8.20. The lowest BCUT2D eigenvalue weighted by molar-refractivity contribution is 0.103. The Morgan fingerprint density at radius 2 is 1.70 bits per heavy atom. The quantitative estimate of drug-likeness (QED) is 0.545. The van der Waals surface area contributed by atoms with Gasteiger partial charge >= 0.3 is 0 Å². The fourth-order valence-electron chi connectivity index (χ4n) is 2.77. The molecule has 0 unspecified atom stereocenters. The summed E-state index contributed by atoms with van der Waals surface area (Å²) in [5, 5.41) is 0. The summed E-state index contributed by atoms with van der Waals surface area (Å²) in [6.07, 6.45) is 1.94. The maximum atomic E-state index is 12.7. The molecule has 0 atom stereocenters. The van der Waals surface area contributed by atoms with Gasteiger partial charge in [-0.3, -0.25) is 4.79 Å². The van der Waals surface area contributed by atoms with E-state index in [1.807, 2.05) is 62.4 Å². The standard InChI is InChI=1S/C21H25NO/c1-5-22(6-2)19-12-13-20(16(3)15-19)21(23)17(4)14-18-10-8-7-9-11-18/h7-15H,5-6H2,1-4H3. The van der Waals surface area contributed by atoms with Gasteiger partial charge in [0.15, 0.2) is 5.78 Å². The first kappa shape index (κ1) is 17.0. The van der Waals surface area contributed by atoms with E-state index in [-0.39, 0.29) is 5.78 Å². The number of aryl methyl sites for hydroxylation is 1. The maximum Gasteiger partial charge on any atom is 0.189 e.